The first-order chi connectivity index (χ1) is 11.4. The molecule has 6 nitrogen and oxygen atoms in total. The van der Waals surface area contributed by atoms with E-state index in [0.717, 1.165) is 11.1 Å². The summed E-state index contributed by atoms with van der Waals surface area (Å²) < 4.78 is 1.75. The van der Waals surface area contributed by atoms with Gasteiger partial charge in [0.25, 0.3) is 5.91 Å². The van der Waals surface area contributed by atoms with E-state index in [9.17, 15) is 14.7 Å². The number of carboxylic acids is 1. The highest BCUT2D eigenvalue weighted by Crippen LogP contribution is 2.24. The van der Waals surface area contributed by atoms with Gasteiger partial charge in [0.05, 0.1) is 5.52 Å². The molecule has 130 valence electrons. The van der Waals surface area contributed by atoms with Crippen LogP contribution in [-0.2, 0) is 0 Å². The van der Waals surface area contributed by atoms with Gasteiger partial charge in [0.1, 0.15) is 5.82 Å². The average Bonchev–Trinajstić information content (AvgIpc) is 2.91. The quantitative estimate of drug-likeness (QED) is 0.779. The van der Waals surface area contributed by atoms with Crippen LogP contribution in [0.2, 0.25) is 0 Å². The van der Waals surface area contributed by atoms with Gasteiger partial charge in [-0.1, -0.05) is 12.1 Å². The molecule has 0 aliphatic heterocycles. The molecule has 0 atom stereocenters. The van der Waals surface area contributed by atoms with E-state index in [2.05, 4.69) is 4.98 Å². The molecule has 25 heavy (non-hydrogen) atoms. The number of pyridine rings is 1. The summed E-state index contributed by atoms with van der Waals surface area (Å²) in [5.74, 6) is -0.484. The Kier molecular flexibility index (Phi) is 5.13. The lowest BCUT2D eigenvalue weighted by Crippen LogP contribution is -2.21. The third-order valence-corrected chi connectivity index (χ3v) is 3.89. The van der Waals surface area contributed by atoms with E-state index in [1.165, 1.54) is 4.90 Å². The molecule has 1 N–H and O–H groups in total. The zero-order valence-electron chi connectivity index (χ0n) is 14.1. The molecule has 0 unspecified atom stereocenters. The molecule has 2 heterocycles. The highest BCUT2D eigenvalue weighted by Gasteiger charge is 2.15. The highest BCUT2D eigenvalue weighted by molar-refractivity contribution is 5.95. The maximum Gasteiger partial charge on any atom is 0.356 e. The second-order valence-electron chi connectivity index (χ2n) is 5.76. The van der Waals surface area contributed by atoms with Crippen LogP contribution in [0.5, 0.6) is 0 Å². The number of aromatic carboxylic acids is 1. The summed E-state index contributed by atoms with van der Waals surface area (Å²) in [5.41, 5.74) is 2.97. The Hall–Kier alpha value is -2.86. The Labute approximate surface area is 151 Å². The molecule has 0 spiro atoms. The number of nitrogens with zero attached hydrogens (tertiary/aromatic N) is 3. The molecule has 1 amide bonds. The number of benzene rings is 1. The first-order valence-corrected chi connectivity index (χ1v) is 7.42. The molecule has 0 radical (unpaired) electrons. The second kappa shape index (κ2) is 6.94. The van der Waals surface area contributed by atoms with Crippen molar-refractivity contribution in [1.82, 2.24) is 14.3 Å². The summed E-state index contributed by atoms with van der Waals surface area (Å²) in [6.07, 6.45) is 1.80. The van der Waals surface area contributed by atoms with Gasteiger partial charge in [-0.25, -0.2) is 9.78 Å². The first-order valence-electron chi connectivity index (χ1n) is 7.42. The lowest BCUT2D eigenvalue weighted by atomic mass is 10.0. The summed E-state index contributed by atoms with van der Waals surface area (Å²) in [4.78, 5) is 28.9. The number of amides is 1. The van der Waals surface area contributed by atoms with E-state index in [0.29, 0.717) is 16.9 Å². The van der Waals surface area contributed by atoms with Gasteiger partial charge in [0, 0.05) is 25.9 Å². The number of carbonyl (C=O) groups excluding carboxylic acids is 1. The first kappa shape index (κ1) is 18.5. The van der Waals surface area contributed by atoms with Crippen LogP contribution < -0.4 is 0 Å². The fourth-order valence-corrected chi connectivity index (χ4v) is 2.64. The molecular formula is C18H18ClN3O3. The van der Waals surface area contributed by atoms with Gasteiger partial charge in [-0.3, -0.25) is 4.79 Å². The minimum absolute atomic E-state index is 0. The van der Waals surface area contributed by atoms with Crippen LogP contribution >= 0.6 is 12.4 Å². The van der Waals surface area contributed by atoms with Crippen molar-refractivity contribution in [3.8, 4) is 11.1 Å². The smallest absolute Gasteiger partial charge is 0.356 e. The molecule has 0 aliphatic carbocycles. The number of rotatable bonds is 3. The second-order valence-corrected chi connectivity index (χ2v) is 5.76. The molecular weight excluding hydrogens is 342 g/mol. The van der Waals surface area contributed by atoms with Crippen molar-refractivity contribution >= 4 is 29.8 Å². The third-order valence-electron chi connectivity index (χ3n) is 3.89. The number of aryl methyl sites for hydroxylation is 1. The van der Waals surface area contributed by atoms with Gasteiger partial charge in [0.15, 0.2) is 5.69 Å². The fourth-order valence-electron chi connectivity index (χ4n) is 2.64. The van der Waals surface area contributed by atoms with Crippen LogP contribution in [0, 0.1) is 6.92 Å². The van der Waals surface area contributed by atoms with Gasteiger partial charge >= 0.3 is 5.97 Å². The number of aromatic nitrogens is 2. The monoisotopic (exact) mass is 359 g/mol. The number of carbonyl (C=O) groups is 2. The minimum Gasteiger partial charge on any atom is -0.476 e. The van der Waals surface area contributed by atoms with Gasteiger partial charge in [0.2, 0.25) is 0 Å². The number of hydrogen-bond donors (Lipinski definition) is 1. The minimum atomic E-state index is -1.05. The van der Waals surface area contributed by atoms with Crippen molar-refractivity contribution in [2.24, 2.45) is 0 Å². The van der Waals surface area contributed by atoms with Crippen LogP contribution in [0.25, 0.3) is 16.6 Å². The number of imidazole rings is 1. The van der Waals surface area contributed by atoms with Gasteiger partial charge < -0.3 is 14.4 Å². The average molecular weight is 360 g/mol. The Morgan fingerprint density at radius 3 is 2.28 bits per heavy atom. The van der Waals surface area contributed by atoms with Crippen molar-refractivity contribution in [3.05, 3.63) is 59.7 Å². The van der Waals surface area contributed by atoms with E-state index >= 15 is 0 Å². The number of halogens is 1. The number of fused-ring (bicyclic) bond motifs is 1. The Bertz CT molecular complexity index is 946. The maximum absolute atomic E-state index is 11.9. The molecule has 0 saturated carbocycles. The summed E-state index contributed by atoms with van der Waals surface area (Å²) in [7, 11) is 3.42. The van der Waals surface area contributed by atoms with Crippen molar-refractivity contribution in [1.29, 1.82) is 0 Å². The summed E-state index contributed by atoms with van der Waals surface area (Å²) in [6.45, 7) is 1.76. The van der Waals surface area contributed by atoms with Crippen LogP contribution in [0.4, 0.5) is 0 Å². The Balaban J connectivity index is 0.00000225. The number of carboxylic acid groups (broad SMARTS) is 1. The van der Waals surface area contributed by atoms with E-state index in [1.54, 1.807) is 49.8 Å². The van der Waals surface area contributed by atoms with E-state index < -0.39 is 5.97 Å². The maximum atomic E-state index is 11.9. The zero-order chi connectivity index (χ0) is 17.4. The Morgan fingerprint density at radius 2 is 1.72 bits per heavy atom. The van der Waals surface area contributed by atoms with Crippen LogP contribution in [-0.4, -0.2) is 45.4 Å². The van der Waals surface area contributed by atoms with Crippen molar-refractivity contribution in [2.75, 3.05) is 14.1 Å². The largest absolute Gasteiger partial charge is 0.476 e. The summed E-state index contributed by atoms with van der Waals surface area (Å²) in [6, 6.07) is 10.9. The molecule has 0 saturated heterocycles. The van der Waals surface area contributed by atoms with Gasteiger partial charge in [-0.05, 0) is 42.3 Å². The van der Waals surface area contributed by atoms with Crippen LogP contribution in [0.15, 0.2) is 42.6 Å². The van der Waals surface area contributed by atoms with Crippen LogP contribution in [0.1, 0.15) is 26.7 Å². The normalized spacial score (nSPS) is 10.4. The highest BCUT2D eigenvalue weighted by atomic mass is 35.5. The predicted molar refractivity (Wildman–Crippen MR) is 97.6 cm³/mol. The molecule has 0 bridgehead atoms. The van der Waals surface area contributed by atoms with Crippen molar-refractivity contribution < 1.29 is 14.7 Å². The van der Waals surface area contributed by atoms with Crippen molar-refractivity contribution in [3.63, 3.8) is 0 Å². The van der Waals surface area contributed by atoms with Crippen molar-refractivity contribution in [2.45, 2.75) is 6.92 Å². The zero-order valence-corrected chi connectivity index (χ0v) is 14.9. The Morgan fingerprint density at radius 1 is 1.08 bits per heavy atom. The molecule has 3 rings (SSSR count). The van der Waals surface area contributed by atoms with E-state index in [4.69, 9.17) is 0 Å². The predicted octanol–water partition coefficient (Wildman–Crippen LogP) is 3.13. The molecule has 3 aromatic rings. The lowest BCUT2D eigenvalue weighted by Gasteiger charge is -2.10. The third kappa shape index (κ3) is 3.34. The molecule has 0 fully saturated rings. The van der Waals surface area contributed by atoms with E-state index in [-0.39, 0.29) is 24.0 Å². The SMILES string of the molecule is Cc1nc(C(=O)O)c2cc(-c3ccc(C(=O)N(C)C)cc3)ccn12.Cl. The standard InChI is InChI=1S/C18H17N3O3.ClH/c1-11-19-16(18(23)24)15-10-14(8-9-21(11)15)12-4-6-13(7-5-12)17(22)20(2)3;/h4-10H,1-3H3,(H,23,24);1H. The van der Waals surface area contributed by atoms with E-state index in [1.807, 2.05) is 18.2 Å². The van der Waals surface area contributed by atoms with Gasteiger partial charge in [-0.15, -0.1) is 12.4 Å². The summed E-state index contributed by atoms with van der Waals surface area (Å²) in [5, 5.41) is 9.29. The topological polar surface area (TPSA) is 74.9 Å². The molecule has 1 aromatic carbocycles. The molecule has 2 aromatic heterocycles. The van der Waals surface area contributed by atoms with Gasteiger partial charge in [-0.2, -0.15) is 0 Å². The van der Waals surface area contributed by atoms with Crippen LogP contribution in [0.3, 0.4) is 0 Å². The molecule has 7 heteroatoms. The number of hydrogen-bond acceptors (Lipinski definition) is 3. The lowest BCUT2D eigenvalue weighted by molar-refractivity contribution is 0.0692. The molecule has 0 aliphatic rings. The summed E-state index contributed by atoms with van der Waals surface area (Å²) >= 11 is 0. The fraction of sp³-hybridized carbons (Fsp3) is 0.167.